The van der Waals surface area contributed by atoms with Gasteiger partial charge in [0.2, 0.25) is 0 Å². The summed E-state index contributed by atoms with van der Waals surface area (Å²) in [5.41, 5.74) is 0.242. The molecule has 14 heavy (non-hydrogen) atoms. The van der Waals surface area contributed by atoms with Crippen molar-refractivity contribution in [3.63, 3.8) is 0 Å². The number of nitrogens with one attached hydrogen (secondary N) is 1. The molecule has 78 valence electrons. The van der Waals surface area contributed by atoms with Crippen molar-refractivity contribution in [2.75, 3.05) is 23.9 Å². The topological polar surface area (TPSA) is 12.0 Å². The molecule has 1 nitrogen and oxygen atoms in total. The third-order valence-corrected chi connectivity index (χ3v) is 2.47. The monoisotopic (exact) mass is 217 g/mol. The average Bonchev–Trinajstić information content (AvgIpc) is 2.18. The molecule has 0 spiro atoms. The number of rotatable bonds is 5. The van der Waals surface area contributed by atoms with Gasteiger partial charge in [-0.15, -0.1) is 0 Å². The summed E-state index contributed by atoms with van der Waals surface area (Å²) in [6.45, 7) is 0.668. The molecule has 0 aliphatic heterocycles. The fourth-order valence-electron chi connectivity index (χ4n) is 1.07. The van der Waals surface area contributed by atoms with E-state index in [0.717, 1.165) is 24.3 Å². The quantitative estimate of drug-likeness (QED) is 0.760. The second kappa shape index (κ2) is 5.86. The van der Waals surface area contributed by atoms with Crippen LogP contribution in [0.3, 0.4) is 0 Å². The number of thioether (sulfide) groups is 1. The molecular formula is C10H13F2NS. The maximum atomic E-state index is 13.0. The van der Waals surface area contributed by atoms with E-state index < -0.39 is 11.6 Å². The summed E-state index contributed by atoms with van der Waals surface area (Å²) in [7, 11) is 0. The molecule has 1 aromatic rings. The van der Waals surface area contributed by atoms with Gasteiger partial charge in [0.1, 0.15) is 11.6 Å². The zero-order valence-electron chi connectivity index (χ0n) is 8.02. The van der Waals surface area contributed by atoms with Crippen molar-refractivity contribution < 1.29 is 8.78 Å². The van der Waals surface area contributed by atoms with E-state index >= 15 is 0 Å². The van der Waals surface area contributed by atoms with E-state index in [9.17, 15) is 8.78 Å². The van der Waals surface area contributed by atoms with Crippen molar-refractivity contribution in [1.82, 2.24) is 0 Å². The van der Waals surface area contributed by atoms with Crippen molar-refractivity contribution in [1.29, 1.82) is 0 Å². The van der Waals surface area contributed by atoms with E-state index in [0.29, 0.717) is 6.54 Å². The highest BCUT2D eigenvalue weighted by atomic mass is 32.2. The highest BCUT2D eigenvalue weighted by Gasteiger charge is 2.01. The lowest BCUT2D eigenvalue weighted by Crippen LogP contribution is -2.04. The van der Waals surface area contributed by atoms with Gasteiger partial charge in [-0.05, 0) is 36.6 Å². The largest absolute Gasteiger partial charge is 0.383 e. The van der Waals surface area contributed by atoms with Gasteiger partial charge in [0.05, 0.1) is 5.69 Å². The van der Waals surface area contributed by atoms with Crippen LogP contribution < -0.4 is 5.32 Å². The smallest absolute Gasteiger partial charge is 0.146 e. The van der Waals surface area contributed by atoms with Crippen LogP contribution in [0.15, 0.2) is 18.2 Å². The lowest BCUT2D eigenvalue weighted by atomic mass is 10.3. The number of hydrogen-bond donors (Lipinski definition) is 1. The zero-order chi connectivity index (χ0) is 10.4. The van der Waals surface area contributed by atoms with Crippen LogP contribution in [0.5, 0.6) is 0 Å². The van der Waals surface area contributed by atoms with Gasteiger partial charge >= 0.3 is 0 Å². The number of hydrogen-bond acceptors (Lipinski definition) is 2. The summed E-state index contributed by atoms with van der Waals surface area (Å²) < 4.78 is 25.8. The number of halogens is 2. The van der Waals surface area contributed by atoms with Crippen LogP contribution in [0.25, 0.3) is 0 Å². The van der Waals surface area contributed by atoms with Gasteiger partial charge in [0.15, 0.2) is 0 Å². The van der Waals surface area contributed by atoms with Crippen LogP contribution in [0.4, 0.5) is 14.5 Å². The molecule has 0 bridgehead atoms. The standard InChI is InChI=1S/C10H13F2NS/c1-14-6-2-5-13-10-7-8(11)3-4-9(10)12/h3-4,7,13H,2,5-6H2,1H3. The van der Waals surface area contributed by atoms with Crippen LogP contribution in [-0.2, 0) is 0 Å². The molecule has 0 aliphatic rings. The van der Waals surface area contributed by atoms with Crippen molar-refractivity contribution in [2.45, 2.75) is 6.42 Å². The van der Waals surface area contributed by atoms with E-state index in [1.165, 1.54) is 6.07 Å². The van der Waals surface area contributed by atoms with Gasteiger partial charge in [-0.25, -0.2) is 8.78 Å². The van der Waals surface area contributed by atoms with Crippen molar-refractivity contribution >= 4 is 17.4 Å². The fourth-order valence-corrected chi connectivity index (χ4v) is 1.51. The van der Waals surface area contributed by atoms with Crippen LogP contribution in [0, 0.1) is 11.6 Å². The molecule has 0 atom stereocenters. The van der Waals surface area contributed by atoms with Crippen LogP contribution in [-0.4, -0.2) is 18.6 Å². The van der Waals surface area contributed by atoms with Gasteiger partial charge in [-0.1, -0.05) is 0 Å². The third kappa shape index (κ3) is 3.54. The molecule has 0 unspecified atom stereocenters. The summed E-state index contributed by atoms with van der Waals surface area (Å²) in [5.74, 6) is 0.193. The minimum atomic E-state index is -0.418. The second-order valence-corrected chi connectivity index (χ2v) is 3.88. The minimum absolute atomic E-state index is 0.242. The van der Waals surface area contributed by atoms with E-state index in [-0.39, 0.29) is 5.69 Å². The first-order chi connectivity index (χ1) is 6.74. The van der Waals surface area contributed by atoms with Gasteiger partial charge in [-0.2, -0.15) is 11.8 Å². The lowest BCUT2D eigenvalue weighted by Gasteiger charge is -2.06. The van der Waals surface area contributed by atoms with Gasteiger partial charge in [0.25, 0.3) is 0 Å². The highest BCUT2D eigenvalue weighted by molar-refractivity contribution is 7.98. The number of anilines is 1. The molecule has 0 radical (unpaired) electrons. The Morgan fingerprint density at radius 1 is 1.36 bits per heavy atom. The Kier molecular flexibility index (Phi) is 4.73. The van der Waals surface area contributed by atoms with Gasteiger partial charge in [0, 0.05) is 6.54 Å². The Morgan fingerprint density at radius 3 is 2.86 bits per heavy atom. The van der Waals surface area contributed by atoms with E-state index in [2.05, 4.69) is 5.32 Å². The van der Waals surface area contributed by atoms with E-state index in [1.54, 1.807) is 11.8 Å². The molecule has 1 rings (SSSR count). The van der Waals surface area contributed by atoms with Gasteiger partial charge in [-0.3, -0.25) is 0 Å². The Hall–Kier alpha value is -0.770. The van der Waals surface area contributed by atoms with Gasteiger partial charge < -0.3 is 5.32 Å². The Balaban J connectivity index is 2.45. The Bertz CT molecular complexity index is 291. The molecule has 0 amide bonds. The predicted molar refractivity (Wildman–Crippen MR) is 57.8 cm³/mol. The lowest BCUT2D eigenvalue weighted by molar-refractivity contribution is 0.602. The van der Waals surface area contributed by atoms with E-state index in [4.69, 9.17) is 0 Å². The molecular weight excluding hydrogens is 204 g/mol. The fraction of sp³-hybridized carbons (Fsp3) is 0.400. The molecule has 0 aromatic heterocycles. The zero-order valence-corrected chi connectivity index (χ0v) is 8.83. The summed E-state index contributed by atoms with van der Waals surface area (Å²) in [6.07, 6.45) is 2.96. The van der Waals surface area contributed by atoms with Crippen molar-refractivity contribution in [3.8, 4) is 0 Å². The first kappa shape index (κ1) is 11.3. The molecule has 0 heterocycles. The first-order valence-corrected chi connectivity index (χ1v) is 5.81. The summed E-state index contributed by atoms with van der Waals surface area (Å²) >= 11 is 1.74. The van der Waals surface area contributed by atoms with E-state index in [1.807, 2.05) is 6.26 Å². The normalized spacial score (nSPS) is 10.2. The summed E-state index contributed by atoms with van der Waals surface area (Å²) in [5, 5.41) is 2.86. The number of benzene rings is 1. The van der Waals surface area contributed by atoms with Crippen LogP contribution >= 0.6 is 11.8 Å². The maximum absolute atomic E-state index is 13.0. The average molecular weight is 217 g/mol. The molecule has 0 aliphatic carbocycles. The molecule has 4 heteroatoms. The molecule has 0 fully saturated rings. The Morgan fingerprint density at radius 2 is 2.14 bits per heavy atom. The molecule has 0 saturated carbocycles. The maximum Gasteiger partial charge on any atom is 0.146 e. The minimum Gasteiger partial charge on any atom is -0.383 e. The summed E-state index contributed by atoms with van der Waals surface area (Å²) in [6, 6.07) is 3.42. The van der Waals surface area contributed by atoms with Crippen LogP contribution in [0.1, 0.15) is 6.42 Å². The first-order valence-electron chi connectivity index (χ1n) is 4.42. The molecule has 1 aromatic carbocycles. The van der Waals surface area contributed by atoms with Crippen molar-refractivity contribution in [2.24, 2.45) is 0 Å². The molecule has 0 saturated heterocycles. The summed E-state index contributed by atoms with van der Waals surface area (Å²) in [4.78, 5) is 0. The Labute approximate surface area is 86.9 Å². The van der Waals surface area contributed by atoms with Crippen LogP contribution in [0.2, 0.25) is 0 Å². The highest BCUT2D eigenvalue weighted by Crippen LogP contribution is 2.15. The SMILES string of the molecule is CSCCCNc1cc(F)ccc1F. The second-order valence-electron chi connectivity index (χ2n) is 2.90. The van der Waals surface area contributed by atoms with Crippen molar-refractivity contribution in [3.05, 3.63) is 29.8 Å². The third-order valence-electron chi connectivity index (χ3n) is 1.77. The predicted octanol–water partition coefficient (Wildman–Crippen LogP) is 3.13. The molecule has 1 N–H and O–H groups in total.